The van der Waals surface area contributed by atoms with E-state index in [4.69, 9.17) is 9.15 Å². The summed E-state index contributed by atoms with van der Waals surface area (Å²) < 4.78 is 12.0. The number of anilines is 1. The van der Waals surface area contributed by atoms with Crippen molar-refractivity contribution in [1.82, 2.24) is 4.90 Å². The van der Waals surface area contributed by atoms with Gasteiger partial charge in [0.15, 0.2) is 5.76 Å². The van der Waals surface area contributed by atoms with Crippen molar-refractivity contribution in [3.8, 4) is 5.75 Å². The van der Waals surface area contributed by atoms with E-state index in [1.54, 1.807) is 0 Å². The van der Waals surface area contributed by atoms with E-state index in [-0.39, 0.29) is 18.3 Å². The first-order chi connectivity index (χ1) is 16.7. The Balaban J connectivity index is 1.38. The van der Waals surface area contributed by atoms with Gasteiger partial charge in [-0.25, -0.2) is 0 Å². The number of hydrogen-bond acceptors (Lipinski definition) is 5. The molecule has 5 rings (SSSR count). The number of rotatable bonds is 7. The van der Waals surface area contributed by atoms with E-state index in [0.717, 1.165) is 47.6 Å². The Kier molecular flexibility index (Phi) is 6.88. The van der Waals surface area contributed by atoms with Gasteiger partial charge in [0.25, 0.3) is 5.91 Å². The fourth-order valence-corrected chi connectivity index (χ4v) is 5.18. The van der Waals surface area contributed by atoms with Crippen molar-refractivity contribution in [2.24, 2.45) is 0 Å². The molecule has 0 radical (unpaired) electrons. The third-order valence-electron chi connectivity index (χ3n) is 6.09. The molecule has 1 aliphatic heterocycles. The Morgan fingerprint density at radius 2 is 1.79 bits per heavy atom. The molecule has 5 nitrogen and oxygen atoms in total. The summed E-state index contributed by atoms with van der Waals surface area (Å²) in [7, 11) is 0. The Bertz CT molecular complexity index is 1280. The number of carbonyl (C=O) groups excluding carboxylic acids is 1. The maximum atomic E-state index is 13.4. The molecule has 1 amide bonds. The van der Waals surface area contributed by atoms with E-state index in [1.807, 2.05) is 73.3 Å². The summed E-state index contributed by atoms with van der Waals surface area (Å²) in [5, 5.41) is 3.98. The fraction of sp³-hybridized carbons (Fsp3) is 0.250. The van der Waals surface area contributed by atoms with E-state index in [9.17, 15) is 4.79 Å². The van der Waals surface area contributed by atoms with Crippen molar-refractivity contribution in [1.29, 1.82) is 0 Å². The van der Waals surface area contributed by atoms with Crippen LogP contribution in [0.2, 0.25) is 0 Å². The Labute approximate surface area is 204 Å². The van der Waals surface area contributed by atoms with Crippen molar-refractivity contribution in [3.63, 3.8) is 0 Å². The number of nitrogens with one attached hydrogen (secondary N) is 1. The van der Waals surface area contributed by atoms with Crippen LogP contribution < -0.4 is 10.1 Å². The van der Waals surface area contributed by atoms with Gasteiger partial charge in [-0.15, -0.1) is 0 Å². The van der Waals surface area contributed by atoms with Crippen LogP contribution in [0.5, 0.6) is 5.75 Å². The zero-order valence-corrected chi connectivity index (χ0v) is 20.1. The molecule has 3 aromatic carbocycles. The number of hydrogen-bond donors (Lipinski definition) is 1. The molecule has 0 saturated carbocycles. The average molecular weight is 473 g/mol. The Hall–Kier alpha value is -3.22. The van der Waals surface area contributed by atoms with Crippen LogP contribution >= 0.6 is 11.8 Å². The number of carbonyl (C=O) groups is 1. The molecule has 0 spiro atoms. The highest BCUT2D eigenvalue weighted by atomic mass is 32.2. The molecular formula is C28H28N2O3S. The number of aryl methyl sites for hydroxylation is 1. The van der Waals surface area contributed by atoms with Crippen molar-refractivity contribution in [2.45, 2.75) is 20.1 Å². The summed E-state index contributed by atoms with van der Waals surface area (Å²) >= 11 is 2.01. The molecule has 174 valence electrons. The number of thioether (sulfide) groups is 1. The summed E-state index contributed by atoms with van der Waals surface area (Å²) in [5.74, 6) is 3.12. The van der Waals surface area contributed by atoms with Crippen LogP contribution in [0.3, 0.4) is 0 Å². The van der Waals surface area contributed by atoms with Gasteiger partial charge in [-0.05, 0) is 42.3 Å². The predicted molar refractivity (Wildman–Crippen MR) is 139 cm³/mol. The second-order valence-corrected chi connectivity index (χ2v) is 9.72. The molecule has 1 aliphatic rings. The lowest BCUT2D eigenvalue weighted by molar-refractivity contribution is 0.0995. The third kappa shape index (κ3) is 5.13. The number of amides is 1. The van der Waals surface area contributed by atoms with E-state index >= 15 is 0 Å². The largest absolute Gasteiger partial charge is 0.489 e. The molecule has 6 heteroatoms. The zero-order chi connectivity index (χ0) is 23.3. The lowest BCUT2D eigenvalue weighted by Gasteiger charge is -2.26. The molecular weight excluding hydrogens is 444 g/mol. The maximum absolute atomic E-state index is 13.4. The molecule has 1 aromatic heterocycles. The fourth-order valence-electron chi connectivity index (χ4n) is 4.20. The normalized spacial score (nSPS) is 14.3. The first-order valence-electron chi connectivity index (χ1n) is 11.6. The first kappa shape index (κ1) is 22.6. The van der Waals surface area contributed by atoms with Crippen molar-refractivity contribution in [2.75, 3.05) is 29.9 Å². The van der Waals surface area contributed by atoms with Gasteiger partial charge in [-0.3, -0.25) is 9.69 Å². The highest BCUT2D eigenvalue weighted by Gasteiger charge is 2.22. The smallest absolute Gasteiger partial charge is 0.291 e. The van der Waals surface area contributed by atoms with Gasteiger partial charge in [-0.2, -0.15) is 11.8 Å². The number of furan rings is 1. The number of benzene rings is 3. The Morgan fingerprint density at radius 1 is 1.03 bits per heavy atom. The SMILES string of the molecule is Cc1ccc(CN2CCSCC2)cc1NC(=O)c1oc2ccccc2c1COc1ccccc1. The van der Waals surface area contributed by atoms with Crippen molar-refractivity contribution < 1.29 is 13.9 Å². The Morgan fingerprint density at radius 3 is 2.62 bits per heavy atom. The minimum Gasteiger partial charge on any atom is -0.489 e. The quantitative estimate of drug-likeness (QED) is 0.351. The van der Waals surface area contributed by atoms with Gasteiger partial charge < -0.3 is 14.5 Å². The van der Waals surface area contributed by atoms with E-state index in [1.165, 1.54) is 17.1 Å². The van der Waals surface area contributed by atoms with Crippen LogP contribution in [0.1, 0.15) is 27.2 Å². The van der Waals surface area contributed by atoms with Crippen LogP contribution in [0, 0.1) is 6.92 Å². The summed E-state index contributed by atoms with van der Waals surface area (Å²) in [6, 6.07) is 23.6. The summed E-state index contributed by atoms with van der Waals surface area (Å²) in [5.41, 5.74) is 4.45. The second-order valence-electron chi connectivity index (χ2n) is 8.50. The molecule has 2 heterocycles. The molecule has 4 aromatic rings. The van der Waals surface area contributed by atoms with Gasteiger partial charge >= 0.3 is 0 Å². The number of nitrogens with zero attached hydrogens (tertiary/aromatic N) is 1. The summed E-state index contributed by atoms with van der Waals surface area (Å²) in [6.07, 6.45) is 0. The van der Waals surface area contributed by atoms with Gasteiger partial charge in [0.2, 0.25) is 0 Å². The summed E-state index contributed by atoms with van der Waals surface area (Å²) in [6.45, 7) is 5.35. The van der Waals surface area contributed by atoms with Gasteiger partial charge in [0.05, 0.1) is 0 Å². The highest BCUT2D eigenvalue weighted by Crippen LogP contribution is 2.29. The highest BCUT2D eigenvalue weighted by molar-refractivity contribution is 7.99. The first-order valence-corrected chi connectivity index (χ1v) is 12.7. The molecule has 0 unspecified atom stereocenters. The molecule has 1 saturated heterocycles. The molecule has 34 heavy (non-hydrogen) atoms. The second kappa shape index (κ2) is 10.4. The summed E-state index contributed by atoms with van der Waals surface area (Å²) in [4.78, 5) is 15.9. The molecule has 0 atom stereocenters. The predicted octanol–water partition coefficient (Wildman–Crippen LogP) is 6.12. The number of para-hydroxylation sites is 2. The number of fused-ring (bicyclic) bond motifs is 1. The number of ether oxygens (including phenoxy) is 1. The minimum atomic E-state index is -0.266. The minimum absolute atomic E-state index is 0.246. The van der Waals surface area contributed by atoms with Gasteiger partial charge in [0.1, 0.15) is 17.9 Å². The molecule has 1 fully saturated rings. The van der Waals surface area contributed by atoms with Crippen molar-refractivity contribution in [3.05, 3.63) is 95.2 Å². The van der Waals surface area contributed by atoms with Crippen LogP contribution in [-0.2, 0) is 13.2 Å². The molecule has 0 aliphatic carbocycles. The van der Waals surface area contributed by atoms with E-state index < -0.39 is 0 Å². The third-order valence-corrected chi connectivity index (χ3v) is 7.03. The van der Waals surface area contributed by atoms with Crippen LogP contribution in [-0.4, -0.2) is 35.4 Å². The standard InChI is InChI=1S/C28H28N2O3S/c1-20-11-12-21(18-30-13-15-34-16-14-30)17-25(20)29-28(31)27-24(19-32-22-7-3-2-4-8-22)23-9-5-6-10-26(23)33-27/h2-12,17H,13-16,18-19H2,1H3,(H,29,31). The zero-order valence-electron chi connectivity index (χ0n) is 19.3. The van der Waals surface area contributed by atoms with Crippen LogP contribution in [0.25, 0.3) is 11.0 Å². The topological polar surface area (TPSA) is 54.7 Å². The monoisotopic (exact) mass is 472 g/mol. The lowest BCUT2D eigenvalue weighted by Crippen LogP contribution is -2.32. The maximum Gasteiger partial charge on any atom is 0.291 e. The molecule has 1 N–H and O–H groups in total. The molecule has 0 bridgehead atoms. The van der Waals surface area contributed by atoms with E-state index in [0.29, 0.717) is 5.58 Å². The van der Waals surface area contributed by atoms with Crippen molar-refractivity contribution >= 4 is 34.3 Å². The van der Waals surface area contributed by atoms with E-state index in [2.05, 4.69) is 28.4 Å². The van der Waals surface area contributed by atoms with Gasteiger partial charge in [0, 0.05) is 47.8 Å². The average Bonchev–Trinajstić information content (AvgIpc) is 3.25. The van der Waals surface area contributed by atoms with Crippen LogP contribution in [0.4, 0.5) is 5.69 Å². The van der Waals surface area contributed by atoms with Gasteiger partial charge in [-0.1, -0.05) is 48.5 Å². The van der Waals surface area contributed by atoms with Crippen LogP contribution in [0.15, 0.2) is 77.2 Å². The lowest BCUT2D eigenvalue weighted by atomic mass is 10.1.